The van der Waals surface area contributed by atoms with Crippen LogP contribution in [0.3, 0.4) is 0 Å². The van der Waals surface area contributed by atoms with Gasteiger partial charge in [0.05, 0.1) is 24.1 Å². The van der Waals surface area contributed by atoms with Crippen LogP contribution in [0.25, 0.3) is 0 Å². The zero-order chi connectivity index (χ0) is 15.4. The quantitative estimate of drug-likeness (QED) is 0.861. The number of hydrogen-bond acceptors (Lipinski definition) is 4. The molecule has 0 spiro atoms. The zero-order valence-electron chi connectivity index (χ0n) is 13.0. The van der Waals surface area contributed by atoms with Gasteiger partial charge in [-0.3, -0.25) is 14.2 Å². The number of aryl methyl sites for hydroxylation is 2. The molecule has 0 unspecified atom stereocenters. The lowest BCUT2D eigenvalue weighted by atomic mass is 10.3. The molecule has 0 radical (unpaired) electrons. The predicted molar refractivity (Wildman–Crippen MR) is 81.3 cm³/mol. The second kappa shape index (κ2) is 6.53. The van der Waals surface area contributed by atoms with Gasteiger partial charge in [0.15, 0.2) is 0 Å². The fraction of sp³-hybridized carbons (Fsp3) is 0.500. The van der Waals surface area contributed by atoms with Gasteiger partial charge in [-0.2, -0.15) is 10.2 Å². The number of carbonyl (C=O) groups excluding carboxylic acids is 1. The smallest absolute Gasteiger partial charge is 0.274 e. The Morgan fingerprint density at radius 2 is 2.19 bits per heavy atom. The van der Waals surface area contributed by atoms with E-state index in [1.54, 1.807) is 17.9 Å². The van der Waals surface area contributed by atoms with Crippen LogP contribution in [0.1, 0.15) is 23.1 Å². The highest BCUT2D eigenvalue weighted by atomic mass is 16.2. The maximum absolute atomic E-state index is 12.2. The predicted octanol–water partition coefficient (Wildman–Crippen LogP) is 0.993. The summed E-state index contributed by atoms with van der Waals surface area (Å²) in [6.45, 7) is 3.70. The molecule has 2 aromatic heterocycles. The number of amides is 1. The first-order valence-electron chi connectivity index (χ1n) is 7.01. The van der Waals surface area contributed by atoms with Crippen LogP contribution >= 0.6 is 0 Å². The average Bonchev–Trinajstić information content (AvgIpc) is 3.02. The van der Waals surface area contributed by atoms with Crippen molar-refractivity contribution in [2.24, 2.45) is 7.05 Å². The molecule has 0 aliphatic heterocycles. The summed E-state index contributed by atoms with van der Waals surface area (Å²) in [6, 6.07) is 1.81. The molecule has 114 valence electrons. The van der Waals surface area contributed by atoms with Gasteiger partial charge in [-0.15, -0.1) is 0 Å². The molecule has 7 nitrogen and oxygen atoms in total. The van der Waals surface area contributed by atoms with E-state index in [1.165, 1.54) is 0 Å². The first-order chi connectivity index (χ1) is 9.99. The summed E-state index contributed by atoms with van der Waals surface area (Å²) < 4.78 is 3.42. The van der Waals surface area contributed by atoms with Gasteiger partial charge < -0.3 is 10.2 Å². The Labute approximate surface area is 124 Å². The van der Waals surface area contributed by atoms with Crippen molar-refractivity contribution >= 4 is 11.6 Å². The molecule has 2 rings (SSSR count). The Bertz CT molecular complexity index is 613. The number of likely N-dealkylation sites (N-methyl/N-ethyl adjacent to an activating group) is 1. The minimum absolute atomic E-state index is 0.170. The van der Waals surface area contributed by atoms with Crippen molar-refractivity contribution in [3.05, 3.63) is 29.8 Å². The molecular weight excluding hydrogens is 268 g/mol. The molecule has 0 saturated carbocycles. The third-order valence-corrected chi connectivity index (χ3v) is 3.19. The summed E-state index contributed by atoms with van der Waals surface area (Å²) in [6.07, 6.45) is 4.30. The molecular formula is C14H22N6O. The summed E-state index contributed by atoms with van der Waals surface area (Å²) in [7, 11) is 5.80. The van der Waals surface area contributed by atoms with E-state index in [4.69, 9.17) is 0 Å². The largest absolute Gasteiger partial charge is 0.318 e. The van der Waals surface area contributed by atoms with Gasteiger partial charge in [0.1, 0.15) is 5.69 Å². The lowest BCUT2D eigenvalue weighted by molar-refractivity contribution is 0.101. The molecule has 1 N–H and O–H groups in total. The highest BCUT2D eigenvalue weighted by molar-refractivity contribution is 6.02. The van der Waals surface area contributed by atoms with Crippen molar-refractivity contribution in [3.8, 4) is 0 Å². The van der Waals surface area contributed by atoms with Crippen molar-refractivity contribution in [2.75, 3.05) is 26.0 Å². The highest BCUT2D eigenvalue weighted by Gasteiger charge is 2.13. The molecule has 1 amide bonds. The van der Waals surface area contributed by atoms with Gasteiger partial charge in [0.2, 0.25) is 0 Å². The summed E-state index contributed by atoms with van der Waals surface area (Å²) >= 11 is 0. The number of nitrogens with one attached hydrogen (secondary N) is 1. The van der Waals surface area contributed by atoms with Crippen LogP contribution in [-0.2, 0) is 20.0 Å². The van der Waals surface area contributed by atoms with Gasteiger partial charge in [-0.1, -0.05) is 6.92 Å². The average molecular weight is 290 g/mol. The summed E-state index contributed by atoms with van der Waals surface area (Å²) in [5.41, 5.74) is 2.15. The number of carbonyl (C=O) groups is 1. The van der Waals surface area contributed by atoms with Gasteiger partial charge in [-0.25, -0.2) is 0 Å². The molecule has 0 aliphatic carbocycles. The summed E-state index contributed by atoms with van der Waals surface area (Å²) in [5.74, 6) is -0.170. The second-order valence-corrected chi connectivity index (χ2v) is 5.25. The summed E-state index contributed by atoms with van der Waals surface area (Å²) in [5, 5.41) is 11.4. The van der Waals surface area contributed by atoms with E-state index in [1.807, 2.05) is 38.0 Å². The van der Waals surface area contributed by atoms with Crippen LogP contribution < -0.4 is 5.32 Å². The van der Waals surface area contributed by atoms with Crippen molar-refractivity contribution in [3.63, 3.8) is 0 Å². The number of nitrogens with zero attached hydrogens (tertiary/aromatic N) is 5. The van der Waals surface area contributed by atoms with Crippen LogP contribution in [0.5, 0.6) is 0 Å². The van der Waals surface area contributed by atoms with Gasteiger partial charge in [-0.05, 0) is 26.6 Å². The zero-order valence-corrected chi connectivity index (χ0v) is 13.0. The standard InChI is InChI=1S/C14H22N6O/c1-5-11-8-13(19(4)17-11)14(21)16-12-9-15-20(10-12)7-6-18(2)3/h8-10H,5-7H2,1-4H3,(H,16,21). The van der Waals surface area contributed by atoms with Crippen LogP contribution in [0.2, 0.25) is 0 Å². The fourth-order valence-electron chi connectivity index (χ4n) is 1.96. The minimum Gasteiger partial charge on any atom is -0.318 e. The van der Waals surface area contributed by atoms with Crippen molar-refractivity contribution in [2.45, 2.75) is 19.9 Å². The van der Waals surface area contributed by atoms with Gasteiger partial charge in [0.25, 0.3) is 5.91 Å². The normalized spacial score (nSPS) is 11.1. The van der Waals surface area contributed by atoms with Crippen molar-refractivity contribution in [1.29, 1.82) is 0 Å². The molecule has 0 fully saturated rings. The third-order valence-electron chi connectivity index (χ3n) is 3.19. The van der Waals surface area contributed by atoms with Crippen molar-refractivity contribution < 1.29 is 4.79 Å². The Balaban J connectivity index is 2.00. The first-order valence-corrected chi connectivity index (χ1v) is 7.01. The SMILES string of the molecule is CCc1cc(C(=O)Nc2cnn(CCN(C)C)c2)n(C)n1. The highest BCUT2D eigenvalue weighted by Crippen LogP contribution is 2.10. The lowest BCUT2D eigenvalue weighted by Crippen LogP contribution is -2.18. The molecule has 2 heterocycles. The van der Waals surface area contributed by atoms with Crippen LogP contribution in [-0.4, -0.2) is 51.0 Å². The van der Waals surface area contributed by atoms with E-state index >= 15 is 0 Å². The molecule has 21 heavy (non-hydrogen) atoms. The van der Waals surface area contributed by atoms with E-state index < -0.39 is 0 Å². The van der Waals surface area contributed by atoms with E-state index in [-0.39, 0.29) is 5.91 Å². The molecule has 2 aromatic rings. The Hall–Kier alpha value is -2.15. The third kappa shape index (κ3) is 3.91. The Morgan fingerprint density at radius 1 is 1.43 bits per heavy atom. The molecule has 0 aliphatic rings. The monoisotopic (exact) mass is 290 g/mol. The fourth-order valence-corrected chi connectivity index (χ4v) is 1.96. The van der Waals surface area contributed by atoms with Crippen molar-refractivity contribution in [1.82, 2.24) is 24.5 Å². The molecule has 0 atom stereocenters. The topological polar surface area (TPSA) is 68.0 Å². The number of hydrogen-bond donors (Lipinski definition) is 1. The maximum atomic E-state index is 12.2. The second-order valence-electron chi connectivity index (χ2n) is 5.25. The maximum Gasteiger partial charge on any atom is 0.274 e. The minimum atomic E-state index is -0.170. The van der Waals surface area contributed by atoms with Gasteiger partial charge >= 0.3 is 0 Å². The molecule has 0 bridgehead atoms. The number of aromatic nitrogens is 4. The van der Waals surface area contributed by atoms with Crippen LogP contribution in [0.4, 0.5) is 5.69 Å². The molecule has 0 aromatic carbocycles. The summed E-state index contributed by atoms with van der Waals surface area (Å²) in [4.78, 5) is 14.3. The molecule has 0 saturated heterocycles. The molecule has 7 heteroatoms. The Morgan fingerprint density at radius 3 is 2.81 bits per heavy atom. The lowest BCUT2D eigenvalue weighted by Gasteiger charge is -2.08. The van der Waals surface area contributed by atoms with Gasteiger partial charge in [0, 0.05) is 19.8 Å². The number of rotatable bonds is 6. The van der Waals surface area contributed by atoms with Crippen LogP contribution in [0, 0.1) is 0 Å². The Kier molecular flexibility index (Phi) is 4.74. The number of anilines is 1. The van der Waals surface area contributed by atoms with Crippen LogP contribution in [0.15, 0.2) is 18.5 Å². The van der Waals surface area contributed by atoms with E-state index in [9.17, 15) is 4.79 Å². The van der Waals surface area contributed by atoms with E-state index in [0.29, 0.717) is 11.4 Å². The first kappa shape index (κ1) is 15.2. The van der Waals surface area contributed by atoms with E-state index in [0.717, 1.165) is 25.2 Å². The van der Waals surface area contributed by atoms with E-state index in [2.05, 4.69) is 20.4 Å².